The Bertz CT molecular complexity index is 546. The summed E-state index contributed by atoms with van der Waals surface area (Å²) in [5.41, 5.74) is 8.96. The molecule has 0 atom stereocenters. The van der Waals surface area contributed by atoms with Crippen molar-refractivity contribution < 1.29 is 0 Å². The Kier molecular flexibility index (Phi) is 3.10. The molecular formula is C13H14N4. The minimum atomic E-state index is 0.639. The van der Waals surface area contributed by atoms with Crippen LogP contribution in [0.2, 0.25) is 0 Å². The minimum absolute atomic E-state index is 0.639. The monoisotopic (exact) mass is 226 g/mol. The maximum atomic E-state index is 8.73. The van der Waals surface area contributed by atoms with Crippen molar-refractivity contribution in [3.05, 3.63) is 36.0 Å². The lowest BCUT2D eigenvalue weighted by Gasteiger charge is -1.98. The van der Waals surface area contributed by atoms with Gasteiger partial charge in [-0.2, -0.15) is 10.4 Å². The quantitative estimate of drug-likeness (QED) is 0.873. The first-order valence-electron chi connectivity index (χ1n) is 5.58. The van der Waals surface area contributed by atoms with Gasteiger partial charge in [0, 0.05) is 18.3 Å². The molecule has 2 rings (SSSR count). The Morgan fingerprint density at radius 1 is 1.35 bits per heavy atom. The lowest BCUT2D eigenvalue weighted by molar-refractivity contribution is 0.605. The van der Waals surface area contributed by atoms with E-state index in [1.807, 2.05) is 23.0 Å². The average Bonchev–Trinajstić information content (AvgIpc) is 2.71. The summed E-state index contributed by atoms with van der Waals surface area (Å²) in [7, 11) is 0. The lowest BCUT2D eigenvalue weighted by Crippen LogP contribution is -1.96. The summed E-state index contributed by atoms with van der Waals surface area (Å²) in [4.78, 5) is 0. The molecule has 1 heterocycles. The van der Waals surface area contributed by atoms with Gasteiger partial charge >= 0.3 is 0 Å². The normalized spacial score (nSPS) is 10.1. The van der Waals surface area contributed by atoms with Crippen molar-refractivity contribution in [2.24, 2.45) is 0 Å². The van der Waals surface area contributed by atoms with Crippen molar-refractivity contribution in [2.45, 2.75) is 19.9 Å². The fraction of sp³-hybridized carbons (Fsp3) is 0.231. The van der Waals surface area contributed by atoms with Gasteiger partial charge in [-0.3, -0.25) is 4.68 Å². The van der Waals surface area contributed by atoms with Crippen molar-refractivity contribution in [1.82, 2.24) is 9.78 Å². The number of nitrogen functional groups attached to an aromatic ring is 1. The third-order valence-corrected chi connectivity index (χ3v) is 2.53. The highest BCUT2D eigenvalue weighted by Gasteiger charge is 2.07. The smallest absolute Gasteiger partial charge is 0.115 e. The molecule has 17 heavy (non-hydrogen) atoms. The summed E-state index contributed by atoms with van der Waals surface area (Å²) >= 11 is 0. The lowest BCUT2D eigenvalue weighted by atomic mass is 10.1. The van der Waals surface area contributed by atoms with Crippen LogP contribution in [0.4, 0.5) is 5.69 Å². The number of aromatic nitrogens is 2. The van der Waals surface area contributed by atoms with Crippen LogP contribution in [0.25, 0.3) is 11.3 Å². The Balaban J connectivity index is 2.35. The number of nitrogens with zero attached hydrogens (tertiary/aromatic N) is 3. The summed E-state index contributed by atoms with van der Waals surface area (Å²) in [5, 5.41) is 13.2. The predicted octanol–water partition coefficient (Wildman–Crippen LogP) is 2.41. The molecule has 0 amide bonds. The van der Waals surface area contributed by atoms with Crippen LogP contribution in [0.1, 0.15) is 18.9 Å². The number of anilines is 1. The molecule has 0 radical (unpaired) electrons. The van der Waals surface area contributed by atoms with Crippen LogP contribution in [0.3, 0.4) is 0 Å². The summed E-state index contributed by atoms with van der Waals surface area (Å²) in [5.74, 6) is 0. The fourth-order valence-electron chi connectivity index (χ4n) is 1.71. The second-order valence-corrected chi connectivity index (χ2v) is 3.89. The molecule has 0 bridgehead atoms. The van der Waals surface area contributed by atoms with E-state index in [4.69, 9.17) is 11.0 Å². The maximum absolute atomic E-state index is 8.73. The molecule has 86 valence electrons. The van der Waals surface area contributed by atoms with Crippen molar-refractivity contribution >= 4 is 5.69 Å². The van der Waals surface area contributed by atoms with E-state index in [0.29, 0.717) is 11.3 Å². The highest BCUT2D eigenvalue weighted by molar-refractivity contribution is 5.72. The molecule has 0 aliphatic rings. The summed E-state index contributed by atoms with van der Waals surface area (Å²) in [6, 6.07) is 9.37. The first kappa shape index (κ1) is 11.2. The highest BCUT2D eigenvalue weighted by Crippen LogP contribution is 2.24. The third-order valence-electron chi connectivity index (χ3n) is 2.53. The SMILES string of the molecule is CCCn1cc(N)c(-c2ccc(C#N)cc2)n1. The molecule has 4 heteroatoms. The summed E-state index contributed by atoms with van der Waals surface area (Å²) in [6.45, 7) is 2.96. The number of nitriles is 1. The van der Waals surface area contributed by atoms with E-state index >= 15 is 0 Å². The first-order valence-corrected chi connectivity index (χ1v) is 5.58. The molecule has 0 saturated heterocycles. The molecule has 2 aromatic rings. The van der Waals surface area contributed by atoms with Gasteiger partial charge in [0.15, 0.2) is 0 Å². The van der Waals surface area contributed by atoms with Crippen LogP contribution in [-0.4, -0.2) is 9.78 Å². The average molecular weight is 226 g/mol. The van der Waals surface area contributed by atoms with Crippen LogP contribution >= 0.6 is 0 Å². The zero-order valence-corrected chi connectivity index (χ0v) is 9.72. The van der Waals surface area contributed by atoms with Crippen LogP contribution < -0.4 is 5.73 Å². The first-order chi connectivity index (χ1) is 8.24. The largest absolute Gasteiger partial charge is 0.396 e. The summed E-state index contributed by atoms with van der Waals surface area (Å²) < 4.78 is 1.85. The zero-order chi connectivity index (χ0) is 12.3. The van der Waals surface area contributed by atoms with Gasteiger partial charge in [0.05, 0.1) is 17.3 Å². The maximum Gasteiger partial charge on any atom is 0.115 e. The van der Waals surface area contributed by atoms with Crippen LogP contribution in [0.15, 0.2) is 30.5 Å². The van der Waals surface area contributed by atoms with Crippen LogP contribution in [0.5, 0.6) is 0 Å². The van der Waals surface area contributed by atoms with Gasteiger partial charge in [0.25, 0.3) is 0 Å². The van der Waals surface area contributed by atoms with E-state index in [0.717, 1.165) is 24.2 Å². The number of rotatable bonds is 3. The second kappa shape index (κ2) is 4.71. The van der Waals surface area contributed by atoms with Crippen molar-refractivity contribution in [3.63, 3.8) is 0 Å². The molecule has 0 saturated carbocycles. The van der Waals surface area contributed by atoms with Gasteiger partial charge in [-0.15, -0.1) is 0 Å². The van der Waals surface area contributed by atoms with Crippen molar-refractivity contribution in [2.75, 3.05) is 5.73 Å². The Hall–Kier alpha value is -2.28. The van der Waals surface area contributed by atoms with E-state index < -0.39 is 0 Å². The van der Waals surface area contributed by atoms with E-state index in [1.165, 1.54) is 0 Å². The standard InChI is InChI=1S/C13H14N4/c1-2-7-17-9-12(15)13(16-17)11-5-3-10(8-14)4-6-11/h3-6,9H,2,7,15H2,1H3. The zero-order valence-electron chi connectivity index (χ0n) is 9.72. The topological polar surface area (TPSA) is 67.6 Å². The van der Waals surface area contributed by atoms with E-state index in [-0.39, 0.29) is 0 Å². The minimum Gasteiger partial charge on any atom is -0.396 e. The molecule has 0 spiro atoms. The summed E-state index contributed by atoms with van der Waals surface area (Å²) in [6.07, 6.45) is 2.87. The second-order valence-electron chi connectivity index (χ2n) is 3.89. The predicted molar refractivity (Wildman–Crippen MR) is 67.1 cm³/mol. The molecule has 1 aromatic carbocycles. The molecule has 1 aromatic heterocycles. The molecular weight excluding hydrogens is 212 g/mol. The molecule has 0 fully saturated rings. The van der Waals surface area contributed by atoms with E-state index in [1.54, 1.807) is 12.1 Å². The Labute approximate surface area is 100 Å². The van der Waals surface area contributed by atoms with Gasteiger partial charge in [-0.25, -0.2) is 0 Å². The third kappa shape index (κ3) is 2.28. The number of nitrogens with two attached hydrogens (primary N) is 1. The van der Waals surface area contributed by atoms with Crippen molar-refractivity contribution in [1.29, 1.82) is 5.26 Å². The van der Waals surface area contributed by atoms with E-state index in [2.05, 4.69) is 18.1 Å². The fourth-order valence-corrected chi connectivity index (χ4v) is 1.71. The van der Waals surface area contributed by atoms with Gasteiger partial charge < -0.3 is 5.73 Å². The van der Waals surface area contributed by atoms with Crippen molar-refractivity contribution in [3.8, 4) is 17.3 Å². The Morgan fingerprint density at radius 3 is 2.65 bits per heavy atom. The van der Waals surface area contributed by atoms with Gasteiger partial charge in [0.2, 0.25) is 0 Å². The number of aryl methyl sites for hydroxylation is 1. The van der Waals surface area contributed by atoms with Crippen LogP contribution in [-0.2, 0) is 6.54 Å². The molecule has 4 nitrogen and oxygen atoms in total. The van der Waals surface area contributed by atoms with E-state index in [9.17, 15) is 0 Å². The Morgan fingerprint density at radius 2 is 2.06 bits per heavy atom. The number of hydrogen-bond donors (Lipinski definition) is 1. The molecule has 0 unspecified atom stereocenters. The van der Waals surface area contributed by atoms with Gasteiger partial charge in [-0.1, -0.05) is 19.1 Å². The highest BCUT2D eigenvalue weighted by atomic mass is 15.3. The molecule has 0 aliphatic heterocycles. The number of hydrogen-bond acceptors (Lipinski definition) is 3. The molecule has 2 N–H and O–H groups in total. The van der Waals surface area contributed by atoms with Gasteiger partial charge in [-0.05, 0) is 18.6 Å². The van der Waals surface area contributed by atoms with Gasteiger partial charge in [0.1, 0.15) is 5.69 Å². The van der Waals surface area contributed by atoms with Crippen LogP contribution in [0, 0.1) is 11.3 Å². The molecule has 0 aliphatic carbocycles. The number of benzene rings is 1.